The van der Waals surface area contributed by atoms with Crippen LogP contribution in [0.4, 0.5) is 0 Å². The third kappa shape index (κ3) is 12.7. The van der Waals surface area contributed by atoms with Crippen LogP contribution in [0.1, 0.15) is 191 Å². The molecule has 0 bridgehead atoms. The van der Waals surface area contributed by atoms with Crippen molar-refractivity contribution in [2.75, 3.05) is 31.9 Å². The van der Waals surface area contributed by atoms with Crippen molar-refractivity contribution in [2.24, 2.45) is 57.8 Å². The van der Waals surface area contributed by atoms with Crippen molar-refractivity contribution < 1.29 is 0 Å². The molecule has 9 atom stereocenters. The Kier molecular flexibility index (Phi) is 18.9. The number of hydrogen-bond acceptors (Lipinski definition) is 6. The molecule has 4 aliphatic rings. The summed E-state index contributed by atoms with van der Waals surface area (Å²) in [5.74, 6) is 6.72. The Morgan fingerprint density at radius 3 is 2.40 bits per heavy atom. The number of nitrogens with two attached hydrogens (primary N) is 2. The Bertz CT molecular complexity index is 1180. The predicted molar refractivity (Wildman–Crippen MR) is 249 cm³/mol. The molecule has 3 fully saturated rings. The van der Waals surface area contributed by atoms with Gasteiger partial charge in [-0.05, 0) is 176 Å². The molecule has 0 amide bonds. The van der Waals surface area contributed by atoms with E-state index in [0.717, 1.165) is 111 Å². The van der Waals surface area contributed by atoms with E-state index in [1.165, 1.54) is 95.6 Å². The number of nitrogens with zero attached hydrogens (tertiary/aromatic N) is 1. The van der Waals surface area contributed by atoms with Crippen LogP contribution in [0.15, 0.2) is 23.9 Å². The summed E-state index contributed by atoms with van der Waals surface area (Å²) < 4.78 is 0. The zero-order valence-electron chi connectivity index (χ0n) is 37.9. The number of nitrogens with one attached hydrogen (secondary N) is 1. The largest absolute Gasteiger partial charge is 0.375 e. The van der Waals surface area contributed by atoms with Gasteiger partial charge in [0.05, 0.1) is 0 Å². The lowest BCUT2D eigenvalue weighted by Crippen LogP contribution is -2.50. The Hall–Kier alpha value is -0.140. The number of fused-ring (bicyclic) bond motifs is 5. The first-order valence-corrected chi connectivity index (χ1v) is 26.2. The molecule has 0 saturated heterocycles. The number of allylic oxidation sites excluding steroid dienone is 3. The van der Waals surface area contributed by atoms with E-state index >= 15 is 0 Å². The van der Waals surface area contributed by atoms with Gasteiger partial charge in [0.25, 0.3) is 0 Å². The first kappa shape index (κ1) is 47.5. The average molecular weight is 801 g/mol. The zero-order chi connectivity index (χ0) is 40.3. The van der Waals surface area contributed by atoms with Gasteiger partial charge in [0.15, 0.2) is 0 Å². The third-order valence-corrected chi connectivity index (χ3v) is 19.9. The van der Waals surface area contributed by atoms with Gasteiger partial charge < -0.3 is 21.7 Å². The van der Waals surface area contributed by atoms with Crippen LogP contribution in [-0.2, 0) is 0 Å². The van der Waals surface area contributed by atoms with Crippen molar-refractivity contribution in [2.45, 2.75) is 207 Å². The quantitative estimate of drug-likeness (QED) is 0.0460. The van der Waals surface area contributed by atoms with Crippen LogP contribution < -0.4 is 16.8 Å². The summed E-state index contributed by atoms with van der Waals surface area (Å²) in [5, 5.41) is 4.42. The molecule has 3 saturated carbocycles. The average Bonchev–Trinajstić information content (AvgIpc) is 3.51. The second-order valence-electron chi connectivity index (χ2n) is 20.5. The molecule has 5 N–H and O–H groups in total. The Balaban J connectivity index is 1.21. The highest BCUT2D eigenvalue weighted by molar-refractivity contribution is 8.76. The standard InChI is InChI=1S/C49H92N4S2/c1-11-39(37(5)6)18-17-19-40-21-23-44-43-22-20-41-36-42(24-27-48(41,10)45(43)25-28-47(40,44)9)55-54-35-26-38(7)53(34-30-46(8,50)12-2)33-16-15-31-52-32-29-49(51,13-3)14-4/h20,37,39-40,42-45,52H,7,11-19,21-36,50-51H2,1-6,8-10H3. The maximum atomic E-state index is 6.61. The molecule has 4 aliphatic carbocycles. The highest BCUT2D eigenvalue weighted by Gasteiger charge is 2.58. The molecule has 6 heteroatoms. The molecule has 0 aromatic carbocycles. The minimum absolute atomic E-state index is 0.0107. The highest BCUT2D eigenvalue weighted by atomic mass is 33.1. The number of rotatable bonds is 26. The van der Waals surface area contributed by atoms with E-state index in [2.05, 4.69) is 107 Å². The SMILES string of the molecule is C=C(CCSSC1CCC2(C)C(=CCC3C2CCC2(C)C(CCCC(CC)C(C)C)CCC32)C1)N(CCCCNCCC(N)(CC)CC)CCC(C)(N)CC. The summed E-state index contributed by atoms with van der Waals surface area (Å²) >= 11 is 0. The van der Waals surface area contributed by atoms with Gasteiger partial charge in [-0.1, -0.05) is 114 Å². The molecule has 320 valence electrons. The van der Waals surface area contributed by atoms with Gasteiger partial charge >= 0.3 is 0 Å². The summed E-state index contributed by atoms with van der Waals surface area (Å²) in [6.07, 6.45) is 28.7. The van der Waals surface area contributed by atoms with Gasteiger partial charge in [-0.3, -0.25) is 0 Å². The highest BCUT2D eigenvalue weighted by Crippen LogP contribution is 2.67. The minimum atomic E-state index is -0.108. The Morgan fingerprint density at radius 1 is 0.945 bits per heavy atom. The van der Waals surface area contributed by atoms with Crippen LogP contribution in [0.3, 0.4) is 0 Å². The number of hydrogen-bond donors (Lipinski definition) is 3. The second kappa shape index (κ2) is 21.9. The van der Waals surface area contributed by atoms with Crippen molar-refractivity contribution >= 4 is 21.6 Å². The van der Waals surface area contributed by atoms with Crippen LogP contribution in [-0.4, -0.2) is 53.2 Å². The Labute approximate surface area is 350 Å². The molecule has 0 aliphatic heterocycles. The second-order valence-corrected chi connectivity index (χ2v) is 23.3. The molecule has 0 radical (unpaired) electrons. The van der Waals surface area contributed by atoms with Crippen LogP contribution >= 0.6 is 21.6 Å². The van der Waals surface area contributed by atoms with Crippen molar-refractivity contribution in [3.05, 3.63) is 23.9 Å². The molecule has 0 aromatic heterocycles. The van der Waals surface area contributed by atoms with Crippen LogP contribution in [0.2, 0.25) is 0 Å². The zero-order valence-corrected chi connectivity index (χ0v) is 39.6. The minimum Gasteiger partial charge on any atom is -0.375 e. The summed E-state index contributed by atoms with van der Waals surface area (Å²) in [7, 11) is 4.31. The maximum Gasteiger partial charge on any atom is 0.0192 e. The molecule has 55 heavy (non-hydrogen) atoms. The normalized spacial score (nSPS) is 31.0. The van der Waals surface area contributed by atoms with Crippen molar-refractivity contribution in [1.29, 1.82) is 0 Å². The van der Waals surface area contributed by atoms with E-state index in [1.807, 2.05) is 5.57 Å². The van der Waals surface area contributed by atoms with Gasteiger partial charge in [0.1, 0.15) is 0 Å². The fourth-order valence-corrected chi connectivity index (χ4v) is 14.7. The molecule has 9 unspecified atom stereocenters. The molecule has 0 spiro atoms. The fourth-order valence-electron chi connectivity index (χ4n) is 12.0. The third-order valence-electron chi connectivity index (χ3n) is 17.0. The van der Waals surface area contributed by atoms with Crippen LogP contribution in [0.5, 0.6) is 0 Å². The van der Waals surface area contributed by atoms with E-state index in [-0.39, 0.29) is 11.1 Å². The van der Waals surface area contributed by atoms with E-state index in [9.17, 15) is 0 Å². The lowest BCUT2D eigenvalue weighted by molar-refractivity contribution is -0.0423. The molecule has 0 heterocycles. The summed E-state index contributed by atoms with van der Waals surface area (Å²) in [4.78, 5) is 2.57. The monoisotopic (exact) mass is 801 g/mol. The molecule has 4 nitrogen and oxygen atoms in total. The van der Waals surface area contributed by atoms with E-state index < -0.39 is 0 Å². The first-order valence-electron chi connectivity index (χ1n) is 23.8. The van der Waals surface area contributed by atoms with E-state index in [0.29, 0.717) is 10.8 Å². The van der Waals surface area contributed by atoms with E-state index in [1.54, 1.807) is 0 Å². The lowest BCUT2D eigenvalue weighted by Gasteiger charge is -2.58. The number of unbranched alkanes of at least 4 members (excludes halogenated alkanes) is 1. The van der Waals surface area contributed by atoms with E-state index in [4.69, 9.17) is 11.5 Å². The predicted octanol–water partition coefficient (Wildman–Crippen LogP) is 13.2. The van der Waals surface area contributed by atoms with Gasteiger partial charge in [-0.15, -0.1) is 0 Å². The van der Waals surface area contributed by atoms with Crippen molar-refractivity contribution in [3.63, 3.8) is 0 Å². The van der Waals surface area contributed by atoms with Crippen molar-refractivity contribution in [3.8, 4) is 0 Å². The summed E-state index contributed by atoms with van der Waals surface area (Å²) in [6.45, 7) is 30.4. The Morgan fingerprint density at radius 2 is 1.71 bits per heavy atom. The maximum absolute atomic E-state index is 6.61. The van der Waals surface area contributed by atoms with Gasteiger partial charge in [-0.2, -0.15) is 0 Å². The lowest BCUT2D eigenvalue weighted by atomic mass is 9.47. The molecular weight excluding hydrogens is 709 g/mol. The molecular formula is C49H92N4S2. The molecule has 4 rings (SSSR count). The first-order chi connectivity index (χ1) is 26.1. The van der Waals surface area contributed by atoms with Gasteiger partial charge in [0.2, 0.25) is 0 Å². The smallest absolute Gasteiger partial charge is 0.0192 e. The fraction of sp³-hybridized carbons (Fsp3) is 0.918. The summed E-state index contributed by atoms with van der Waals surface area (Å²) in [6, 6.07) is 0. The van der Waals surface area contributed by atoms with Crippen LogP contribution in [0, 0.1) is 46.3 Å². The van der Waals surface area contributed by atoms with Gasteiger partial charge in [0, 0.05) is 40.9 Å². The topological polar surface area (TPSA) is 67.3 Å². The summed E-state index contributed by atoms with van der Waals surface area (Å²) in [5.41, 5.74) is 17.2. The molecule has 0 aromatic rings. The van der Waals surface area contributed by atoms with Gasteiger partial charge in [-0.25, -0.2) is 0 Å². The van der Waals surface area contributed by atoms with Crippen LogP contribution in [0.25, 0.3) is 0 Å². The van der Waals surface area contributed by atoms with Crippen molar-refractivity contribution in [1.82, 2.24) is 10.2 Å².